The van der Waals surface area contributed by atoms with E-state index in [0.717, 1.165) is 38.2 Å². The summed E-state index contributed by atoms with van der Waals surface area (Å²) in [6.45, 7) is 9.59. The Morgan fingerprint density at radius 2 is 2.24 bits per heavy atom. The lowest BCUT2D eigenvalue weighted by atomic mass is 10.2. The molecule has 1 heterocycles. The number of methoxy groups -OCH3 is 1. The summed E-state index contributed by atoms with van der Waals surface area (Å²) in [5.74, 6) is 1.60. The summed E-state index contributed by atoms with van der Waals surface area (Å²) < 4.78 is 7.39. The molecule has 0 bridgehead atoms. The van der Waals surface area contributed by atoms with Crippen molar-refractivity contribution in [1.29, 1.82) is 0 Å². The van der Waals surface area contributed by atoms with Gasteiger partial charge in [-0.05, 0) is 18.9 Å². The van der Waals surface area contributed by atoms with E-state index in [-0.39, 0.29) is 0 Å². The van der Waals surface area contributed by atoms with Crippen LogP contribution >= 0.6 is 0 Å². The predicted molar refractivity (Wildman–Crippen MR) is 70.5 cm³/mol. The zero-order chi connectivity index (χ0) is 12.7. The lowest BCUT2D eigenvalue weighted by Crippen LogP contribution is -2.23. The Bertz CT molecular complexity index is 320. The lowest BCUT2D eigenvalue weighted by molar-refractivity contribution is 0.405. The van der Waals surface area contributed by atoms with Crippen LogP contribution in [0.1, 0.15) is 32.9 Å². The van der Waals surface area contributed by atoms with E-state index in [1.54, 1.807) is 7.11 Å². The third-order valence-electron chi connectivity index (χ3n) is 2.66. The fraction of sp³-hybridized carbons (Fsp3) is 0.769. The molecule has 1 aromatic heterocycles. The molecule has 0 aliphatic rings. The van der Waals surface area contributed by atoms with E-state index < -0.39 is 0 Å². The second-order valence-corrected chi connectivity index (χ2v) is 4.73. The van der Waals surface area contributed by atoms with E-state index in [4.69, 9.17) is 4.74 Å². The van der Waals surface area contributed by atoms with E-state index in [1.807, 2.05) is 6.20 Å². The first kappa shape index (κ1) is 14.0. The Kier molecular flexibility index (Phi) is 6.05. The SMILES string of the molecule is CCCn1ncc(OC)c1CCNCC(C)C. The molecule has 0 amide bonds. The molecule has 0 aliphatic carbocycles. The summed E-state index contributed by atoms with van der Waals surface area (Å²) in [6.07, 6.45) is 3.88. The van der Waals surface area contributed by atoms with Gasteiger partial charge in [0.1, 0.15) is 0 Å². The highest BCUT2D eigenvalue weighted by atomic mass is 16.5. The van der Waals surface area contributed by atoms with Crippen molar-refractivity contribution in [2.75, 3.05) is 20.2 Å². The number of hydrogen-bond donors (Lipinski definition) is 1. The van der Waals surface area contributed by atoms with Crippen LogP contribution in [-0.2, 0) is 13.0 Å². The van der Waals surface area contributed by atoms with Gasteiger partial charge in [-0.25, -0.2) is 0 Å². The third kappa shape index (κ3) is 4.38. The Labute approximate surface area is 104 Å². The molecular weight excluding hydrogens is 214 g/mol. The molecule has 0 spiro atoms. The molecular formula is C13H25N3O. The van der Waals surface area contributed by atoms with Crippen LogP contribution < -0.4 is 10.1 Å². The van der Waals surface area contributed by atoms with Gasteiger partial charge in [0.15, 0.2) is 5.75 Å². The lowest BCUT2D eigenvalue weighted by Gasteiger charge is -2.10. The van der Waals surface area contributed by atoms with E-state index in [9.17, 15) is 0 Å². The molecule has 0 saturated carbocycles. The number of aryl methyl sites for hydroxylation is 1. The molecule has 1 rings (SSSR count). The molecule has 0 aromatic carbocycles. The molecule has 1 aromatic rings. The molecule has 0 aliphatic heterocycles. The van der Waals surface area contributed by atoms with Gasteiger partial charge in [-0.3, -0.25) is 4.68 Å². The molecule has 0 saturated heterocycles. The number of nitrogens with one attached hydrogen (secondary N) is 1. The van der Waals surface area contributed by atoms with Crippen molar-refractivity contribution in [3.05, 3.63) is 11.9 Å². The minimum Gasteiger partial charge on any atom is -0.493 e. The van der Waals surface area contributed by atoms with Gasteiger partial charge in [-0.1, -0.05) is 20.8 Å². The Morgan fingerprint density at radius 3 is 2.82 bits per heavy atom. The molecule has 17 heavy (non-hydrogen) atoms. The van der Waals surface area contributed by atoms with Crippen molar-refractivity contribution in [3.8, 4) is 5.75 Å². The molecule has 98 valence electrons. The van der Waals surface area contributed by atoms with Gasteiger partial charge in [0, 0.05) is 19.5 Å². The normalized spacial score (nSPS) is 11.1. The molecule has 0 fully saturated rings. The van der Waals surface area contributed by atoms with Crippen molar-refractivity contribution < 1.29 is 4.74 Å². The molecule has 4 nitrogen and oxygen atoms in total. The molecule has 1 N–H and O–H groups in total. The summed E-state index contributed by atoms with van der Waals surface area (Å²) in [7, 11) is 1.71. The highest BCUT2D eigenvalue weighted by Crippen LogP contribution is 2.18. The zero-order valence-electron chi connectivity index (χ0n) is 11.5. The summed E-state index contributed by atoms with van der Waals surface area (Å²) in [5.41, 5.74) is 1.20. The van der Waals surface area contributed by atoms with Crippen molar-refractivity contribution in [2.45, 2.75) is 40.2 Å². The van der Waals surface area contributed by atoms with Gasteiger partial charge in [0.25, 0.3) is 0 Å². The molecule has 0 unspecified atom stereocenters. The van der Waals surface area contributed by atoms with E-state index in [1.165, 1.54) is 5.69 Å². The van der Waals surface area contributed by atoms with Gasteiger partial charge in [-0.15, -0.1) is 0 Å². The van der Waals surface area contributed by atoms with Gasteiger partial charge in [0.05, 0.1) is 19.0 Å². The van der Waals surface area contributed by atoms with E-state index >= 15 is 0 Å². The van der Waals surface area contributed by atoms with Crippen molar-refractivity contribution in [2.24, 2.45) is 5.92 Å². The third-order valence-corrected chi connectivity index (χ3v) is 2.66. The second-order valence-electron chi connectivity index (χ2n) is 4.73. The smallest absolute Gasteiger partial charge is 0.159 e. The van der Waals surface area contributed by atoms with Crippen LogP contribution in [0.2, 0.25) is 0 Å². The van der Waals surface area contributed by atoms with Crippen LogP contribution in [0.3, 0.4) is 0 Å². The average molecular weight is 239 g/mol. The minimum absolute atomic E-state index is 0.692. The highest BCUT2D eigenvalue weighted by Gasteiger charge is 2.10. The van der Waals surface area contributed by atoms with Gasteiger partial charge in [0.2, 0.25) is 0 Å². The monoisotopic (exact) mass is 239 g/mol. The van der Waals surface area contributed by atoms with Crippen molar-refractivity contribution in [3.63, 3.8) is 0 Å². The Hall–Kier alpha value is -1.03. The summed E-state index contributed by atoms with van der Waals surface area (Å²) in [6, 6.07) is 0. The van der Waals surface area contributed by atoms with Crippen LogP contribution in [0.25, 0.3) is 0 Å². The van der Waals surface area contributed by atoms with Gasteiger partial charge in [-0.2, -0.15) is 5.10 Å². The maximum absolute atomic E-state index is 5.34. The van der Waals surface area contributed by atoms with Crippen molar-refractivity contribution >= 4 is 0 Å². The first-order valence-corrected chi connectivity index (χ1v) is 6.48. The number of ether oxygens (including phenoxy) is 1. The van der Waals surface area contributed by atoms with Gasteiger partial charge >= 0.3 is 0 Å². The molecule has 0 radical (unpaired) electrons. The summed E-state index contributed by atoms with van der Waals surface area (Å²) in [4.78, 5) is 0. The number of nitrogens with zero attached hydrogens (tertiary/aromatic N) is 2. The largest absolute Gasteiger partial charge is 0.493 e. The number of aromatic nitrogens is 2. The van der Waals surface area contributed by atoms with Crippen LogP contribution in [0.5, 0.6) is 5.75 Å². The molecule has 4 heteroatoms. The van der Waals surface area contributed by atoms with Crippen LogP contribution in [0.15, 0.2) is 6.20 Å². The minimum atomic E-state index is 0.692. The summed E-state index contributed by atoms with van der Waals surface area (Å²) in [5, 5.41) is 7.80. The zero-order valence-corrected chi connectivity index (χ0v) is 11.5. The first-order chi connectivity index (χ1) is 8.19. The second kappa shape index (κ2) is 7.33. The standard InChI is InChI=1S/C13H25N3O/c1-5-8-16-12(13(17-4)10-15-16)6-7-14-9-11(2)3/h10-11,14H,5-9H2,1-4H3. The fourth-order valence-corrected chi connectivity index (χ4v) is 1.82. The fourth-order valence-electron chi connectivity index (χ4n) is 1.82. The first-order valence-electron chi connectivity index (χ1n) is 6.48. The maximum atomic E-state index is 5.34. The topological polar surface area (TPSA) is 39.1 Å². The Morgan fingerprint density at radius 1 is 1.47 bits per heavy atom. The quantitative estimate of drug-likeness (QED) is 0.706. The summed E-state index contributed by atoms with van der Waals surface area (Å²) >= 11 is 0. The van der Waals surface area contributed by atoms with E-state index in [0.29, 0.717) is 5.92 Å². The van der Waals surface area contributed by atoms with Crippen LogP contribution in [0, 0.1) is 5.92 Å². The van der Waals surface area contributed by atoms with Gasteiger partial charge < -0.3 is 10.1 Å². The van der Waals surface area contributed by atoms with Crippen molar-refractivity contribution in [1.82, 2.24) is 15.1 Å². The number of hydrogen-bond acceptors (Lipinski definition) is 3. The van der Waals surface area contributed by atoms with Crippen LogP contribution in [-0.4, -0.2) is 30.0 Å². The molecule has 0 atom stereocenters. The number of rotatable bonds is 8. The van der Waals surface area contributed by atoms with Crippen LogP contribution in [0.4, 0.5) is 0 Å². The maximum Gasteiger partial charge on any atom is 0.159 e. The predicted octanol–water partition coefficient (Wildman–Crippen LogP) is 2.09. The highest BCUT2D eigenvalue weighted by molar-refractivity contribution is 5.25. The average Bonchev–Trinajstić information content (AvgIpc) is 2.67. The Balaban J connectivity index is 2.51. The van der Waals surface area contributed by atoms with E-state index in [2.05, 4.69) is 35.9 Å².